The first kappa shape index (κ1) is 14.2. The molecule has 0 unspecified atom stereocenters. The van der Waals surface area contributed by atoms with E-state index in [1.807, 2.05) is 0 Å². The third-order valence-corrected chi connectivity index (χ3v) is 1.76. The minimum Gasteiger partial charge on any atom is -0.406 e. The molecule has 0 saturated carbocycles. The summed E-state index contributed by atoms with van der Waals surface area (Å²) in [6.07, 6.45) is -4.69. The zero-order valence-corrected chi connectivity index (χ0v) is 9.13. The van der Waals surface area contributed by atoms with Gasteiger partial charge in [0.15, 0.2) is 0 Å². The van der Waals surface area contributed by atoms with Gasteiger partial charge in [-0.1, -0.05) is 11.6 Å². The largest absolute Gasteiger partial charge is 0.573 e. The van der Waals surface area contributed by atoms with E-state index in [1.54, 1.807) is 7.05 Å². The van der Waals surface area contributed by atoms with Crippen LogP contribution in [0.3, 0.4) is 0 Å². The van der Waals surface area contributed by atoms with Crippen LogP contribution in [0, 0.1) is 0 Å². The first-order valence-corrected chi connectivity index (χ1v) is 4.03. The highest BCUT2D eigenvalue weighted by Crippen LogP contribution is 2.29. The summed E-state index contributed by atoms with van der Waals surface area (Å²) in [5.74, 6) is -0.332. The summed E-state index contributed by atoms with van der Waals surface area (Å²) in [5, 5.41) is 2.89. The third-order valence-electron chi connectivity index (χ3n) is 1.44. The van der Waals surface area contributed by atoms with Crippen LogP contribution in [0.5, 0.6) is 5.75 Å². The lowest BCUT2D eigenvalue weighted by molar-refractivity contribution is -0.274. The molecule has 15 heavy (non-hydrogen) atoms. The molecule has 86 valence electrons. The second-order valence-electron chi connectivity index (χ2n) is 2.44. The second-order valence-corrected chi connectivity index (χ2v) is 2.85. The Kier molecular flexibility index (Phi) is 5.03. The molecule has 2 nitrogen and oxygen atoms in total. The van der Waals surface area contributed by atoms with E-state index in [1.165, 1.54) is 12.1 Å². The number of halogens is 5. The van der Waals surface area contributed by atoms with Crippen molar-refractivity contribution in [3.05, 3.63) is 23.2 Å². The number of anilines is 1. The molecule has 0 aromatic heterocycles. The highest BCUT2D eigenvalue weighted by atomic mass is 35.5. The predicted octanol–water partition coefficient (Wildman–Crippen LogP) is 3.70. The molecule has 0 heterocycles. The Labute approximate surface area is 95.8 Å². The van der Waals surface area contributed by atoms with Crippen molar-refractivity contribution < 1.29 is 17.9 Å². The van der Waals surface area contributed by atoms with Crippen molar-refractivity contribution in [3.8, 4) is 5.75 Å². The second kappa shape index (κ2) is 5.32. The van der Waals surface area contributed by atoms with Crippen LogP contribution in [0.2, 0.25) is 5.02 Å². The van der Waals surface area contributed by atoms with E-state index in [4.69, 9.17) is 11.6 Å². The first-order valence-electron chi connectivity index (χ1n) is 3.65. The van der Waals surface area contributed by atoms with Crippen LogP contribution in [-0.4, -0.2) is 13.4 Å². The lowest BCUT2D eigenvalue weighted by Gasteiger charge is -2.10. The molecule has 0 fully saturated rings. The van der Waals surface area contributed by atoms with E-state index in [-0.39, 0.29) is 23.2 Å². The lowest BCUT2D eigenvalue weighted by atomic mass is 10.3. The van der Waals surface area contributed by atoms with Crippen molar-refractivity contribution in [2.24, 2.45) is 0 Å². The van der Waals surface area contributed by atoms with Crippen LogP contribution in [0.15, 0.2) is 18.2 Å². The number of hydrogen-bond acceptors (Lipinski definition) is 2. The van der Waals surface area contributed by atoms with Crippen molar-refractivity contribution in [1.82, 2.24) is 0 Å². The lowest BCUT2D eigenvalue weighted by Crippen LogP contribution is -2.17. The van der Waals surface area contributed by atoms with Crippen LogP contribution in [0.25, 0.3) is 0 Å². The number of nitrogens with one attached hydrogen (secondary N) is 1. The Balaban J connectivity index is 0.00000196. The Morgan fingerprint density at radius 1 is 1.33 bits per heavy atom. The standard InChI is InChI=1S/C8H7ClF3NO.ClH/c1-13-7-3-2-5(4-6(7)9)14-8(10,11)12;/h2-4,13H,1H3;1H. The molecule has 1 aromatic carbocycles. The molecular weight excluding hydrogens is 254 g/mol. The van der Waals surface area contributed by atoms with E-state index in [2.05, 4.69) is 10.1 Å². The van der Waals surface area contributed by atoms with Gasteiger partial charge < -0.3 is 10.1 Å². The number of ether oxygens (including phenoxy) is 1. The van der Waals surface area contributed by atoms with E-state index < -0.39 is 6.36 Å². The molecular formula is C8H8Cl2F3NO. The van der Waals surface area contributed by atoms with Crippen LogP contribution in [0.4, 0.5) is 18.9 Å². The third kappa shape index (κ3) is 4.48. The fourth-order valence-corrected chi connectivity index (χ4v) is 1.16. The summed E-state index contributed by atoms with van der Waals surface area (Å²) in [5.41, 5.74) is 0.543. The normalized spacial score (nSPS) is 10.5. The van der Waals surface area contributed by atoms with E-state index >= 15 is 0 Å². The number of alkyl halides is 3. The van der Waals surface area contributed by atoms with Gasteiger partial charge in [-0.05, 0) is 12.1 Å². The zero-order valence-electron chi connectivity index (χ0n) is 7.56. The maximum Gasteiger partial charge on any atom is 0.573 e. The van der Waals surface area contributed by atoms with E-state index in [9.17, 15) is 13.2 Å². The van der Waals surface area contributed by atoms with Gasteiger partial charge in [0.2, 0.25) is 0 Å². The van der Waals surface area contributed by atoms with Crippen molar-refractivity contribution >= 4 is 29.7 Å². The van der Waals surface area contributed by atoms with Crippen LogP contribution in [0.1, 0.15) is 0 Å². The van der Waals surface area contributed by atoms with Crippen LogP contribution in [-0.2, 0) is 0 Å². The monoisotopic (exact) mass is 261 g/mol. The molecule has 7 heteroatoms. The Bertz CT molecular complexity index is 330. The summed E-state index contributed by atoms with van der Waals surface area (Å²) >= 11 is 5.65. The minimum absolute atomic E-state index is 0. The van der Waals surface area contributed by atoms with Gasteiger partial charge in [-0.15, -0.1) is 25.6 Å². The first-order chi connectivity index (χ1) is 6.42. The quantitative estimate of drug-likeness (QED) is 0.877. The average Bonchev–Trinajstić information content (AvgIpc) is 2.01. The maximum absolute atomic E-state index is 11.8. The van der Waals surface area contributed by atoms with Crippen molar-refractivity contribution in [2.45, 2.75) is 6.36 Å². The molecule has 0 aliphatic rings. The summed E-state index contributed by atoms with van der Waals surface area (Å²) in [6.45, 7) is 0. The Morgan fingerprint density at radius 3 is 2.33 bits per heavy atom. The van der Waals surface area contributed by atoms with Gasteiger partial charge >= 0.3 is 6.36 Å². The van der Waals surface area contributed by atoms with Crippen molar-refractivity contribution in [1.29, 1.82) is 0 Å². The number of rotatable bonds is 2. The molecule has 0 amide bonds. The molecule has 0 aliphatic carbocycles. The minimum atomic E-state index is -4.69. The smallest absolute Gasteiger partial charge is 0.406 e. The molecule has 0 saturated heterocycles. The Hall–Kier alpha value is -0.810. The summed E-state index contributed by atoms with van der Waals surface area (Å²) in [4.78, 5) is 0. The van der Waals surface area contributed by atoms with Gasteiger partial charge in [0.25, 0.3) is 0 Å². The zero-order chi connectivity index (χ0) is 10.8. The molecule has 1 aromatic rings. The van der Waals surface area contributed by atoms with Gasteiger partial charge in [0.1, 0.15) is 5.75 Å². The van der Waals surface area contributed by atoms with Gasteiger partial charge in [-0.25, -0.2) is 0 Å². The molecule has 0 spiro atoms. The Morgan fingerprint density at radius 2 is 1.93 bits per heavy atom. The summed E-state index contributed by atoms with van der Waals surface area (Å²) in [7, 11) is 1.62. The molecule has 1 rings (SSSR count). The topological polar surface area (TPSA) is 21.3 Å². The van der Waals surface area contributed by atoms with Crippen LogP contribution < -0.4 is 10.1 Å². The molecule has 0 radical (unpaired) electrons. The highest BCUT2D eigenvalue weighted by Gasteiger charge is 2.31. The average molecular weight is 262 g/mol. The fraction of sp³-hybridized carbons (Fsp3) is 0.250. The maximum atomic E-state index is 11.8. The summed E-state index contributed by atoms with van der Waals surface area (Å²) < 4.78 is 39.0. The van der Waals surface area contributed by atoms with Crippen molar-refractivity contribution in [3.63, 3.8) is 0 Å². The van der Waals surface area contributed by atoms with Gasteiger partial charge in [0, 0.05) is 13.1 Å². The molecule has 0 bridgehead atoms. The highest BCUT2D eigenvalue weighted by molar-refractivity contribution is 6.33. The van der Waals surface area contributed by atoms with Crippen molar-refractivity contribution in [2.75, 3.05) is 12.4 Å². The van der Waals surface area contributed by atoms with Gasteiger partial charge in [0.05, 0.1) is 10.7 Å². The molecule has 0 aliphatic heterocycles. The van der Waals surface area contributed by atoms with Gasteiger partial charge in [-0.2, -0.15) is 0 Å². The fourth-order valence-electron chi connectivity index (χ4n) is 0.896. The van der Waals surface area contributed by atoms with Crippen LogP contribution >= 0.6 is 24.0 Å². The van der Waals surface area contributed by atoms with E-state index in [0.29, 0.717) is 5.69 Å². The number of benzene rings is 1. The molecule has 1 N–H and O–H groups in total. The molecule has 0 atom stereocenters. The predicted molar refractivity (Wildman–Crippen MR) is 54.9 cm³/mol. The number of hydrogen-bond donors (Lipinski definition) is 1. The van der Waals surface area contributed by atoms with E-state index in [0.717, 1.165) is 6.07 Å². The van der Waals surface area contributed by atoms with Gasteiger partial charge in [-0.3, -0.25) is 0 Å². The SMILES string of the molecule is CNc1ccc(OC(F)(F)F)cc1Cl.Cl. The summed E-state index contributed by atoms with van der Waals surface area (Å²) in [6, 6.07) is 3.69.